The highest BCUT2D eigenvalue weighted by Crippen LogP contribution is 2.22. The first-order chi connectivity index (χ1) is 23.2. The summed E-state index contributed by atoms with van der Waals surface area (Å²) in [7, 11) is 1.57. The number of terminal acetylenes is 1. The van der Waals surface area contributed by atoms with Crippen LogP contribution in [-0.2, 0) is 29.1 Å². The van der Waals surface area contributed by atoms with Gasteiger partial charge in [-0.2, -0.15) is 0 Å². The number of rotatable bonds is 10. The Morgan fingerprint density at radius 2 is 1.73 bits per heavy atom. The molecule has 1 aliphatic rings. The zero-order valence-electron chi connectivity index (χ0n) is 26.5. The lowest BCUT2D eigenvalue weighted by atomic mass is 10.0. The van der Waals surface area contributed by atoms with E-state index < -0.39 is 22.9 Å². The van der Waals surface area contributed by atoms with Gasteiger partial charge < -0.3 is 20.3 Å². The normalized spacial score (nSPS) is 15.4. The van der Waals surface area contributed by atoms with Crippen molar-refractivity contribution in [2.45, 2.75) is 25.6 Å². The molecule has 1 aliphatic heterocycles. The van der Waals surface area contributed by atoms with Gasteiger partial charge in [-0.15, -0.1) is 6.42 Å². The van der Waals surface area contributed by atoms with Crippen molar-refractivity contribution in [2.75, 3.05) is 33.3 Å². The first kappa shape index (κ1) is 33.4. The molecule has 0 aliphatic carbocycles. The molecule has 4 aromatic carbocycles. The van der Waals surface area contributed by atoms with Crippen LogP contribution in [0.1, 0.15) is 16.7 Å². The minimum atomic E-state index is -0.959. The third-order valence-electron chi connectivity index (χ3n) is 8.15. The predicted octanol–water partition coefficient (Wildman–Crippen LogP) is 3.89. The van der Waals surface area contributed by atoms with Crippen LogP contribution in [0.25, 0.3) is 10.8 Å². The van der Waals surface area contributed by atoms with Crippen LogP contribution in [-0.4, -0.2) is 77.0 Å². The molecule has 246 valence electrons. The maximum Gasteiger partial charge on any atom is 0.333 e. The lowest BCUT2D eigenvalue weighted by Gasteiger charge is -2.34. The van der Waals surface area contributed by atoms with Crippen LogP contribution in [0, 0.1) is 22.5 Å². The minimum Gasteiger partial charge on any atom is -0.497 e. The summed E-state index contributed by atoms with van der Waals surface area (Å²) >= 11 is 0. The number of ether oxygens (including phenoxy) is 1. The third-order valence-corrected chi connectivity index (χ3v) is 8.15. The zero-order chi connectivity index (χ0) is 34.0. The van der Waals surface area contributed by atoms with E-state index in [0.717, 1.165) is 21.9 Å². The van der Waals surface area contributed by atoms with Gasteiger partial charge in [0.2, 0.25) is 11.8 Å². The fraction of sp³-hybridized carbons (Fsp3) is 0.250. The standard InChI is InChI=1S/C36H36N6O6/c1-3-19-41(36(45)37-23-27-13-17-31(48-2)18-14-27)40-21-20-39(24-29-9-6-8-28-7-4-5-10-32(28)29)35(44)33(38-34(43)25-40)22-26-11-15-30(16-12-26)42(46)47/h1,4-18,33H,19-25H2,2H3,(H,37,45)(H,38,43)/t33-/m0/s1. The van der Waals surface area contributed by atoms with Gasteiger partial charge in [0.1, 0.15) is 11.8 Å². The SMILES string of the molecule is C#CCN(C(=O)NCc1ccc(OC)cc1)N1CCN(Cc2cccc3ccccc23)C(=O)[C@H](Cc2ccc([N+](=O)[O-])cc2)NC(=O)C1. The molecule has 12 heteroatoms. The van der Waals surface area contributed by atoms with E-state index in [1.165, 1.54) is 17.1 Å². The molecule has 1 saturated heterocycles. The van der Waals surface area contributed by atoms with E-state index >= 15 is 0 Å². The number of nitrogens with zero attached hydrogens (tertiary/aromatic N) is 4. The van der Waals surface area contributed by atoms with Crippen LogP contribution >= 0.6 is 0 Å². The van der Waals surface area contributed by atoms with Crippen molar-refractivity contribution < 1.29 is 24.0 Å². The van der Waals surface area contributed by atoms with Crippen molar-refractivity contribution in [3.8, 4) is 18.1 Å². The Balaban J connectivity index is 1.41. The van der Waals surface area contributed by atoms with Gasteiger partial charge in [-0.05, 0) is 39.6 Å². The van der Waals surface area contributed by atoms with Crippen molar-refractivity contribution in [3.05, 3.63) is 118 Å². The molecular formula is C36H36N6O6. The van der Waals surface area contributed by atoms with Crippen LogP contribution in [0.15, 0.2) is 91.0 Å². The van der Waals surface area contributed by atoms with Gasteiger partial charge >= 0.3 is 6.03 Å². The fourth-order valence-corrected chi connectivity index (χ4v) is 5.64. The highest BCUT2D eigenvalue weighted by molar-refractivity contribution is 5.90. The molecule has 5 rings (SSSR count). The second kappa shape index (κ2) is 15.6. The third kappa shape index (κ3) is 8.26. The van der Waals surface area contributed by atoms with Gasteiger partial charge in [0, 0.05) is 44.7 Å². The van der Waals surface area contributed by atoms with E-state index in [1.807, 2.05) is 54.6 Å². The van der Waals surface area contributed by atoms with Gasteiger partial charge in [0.05, 0.1) is 25.1 Å². The molecule has 0 bridgehead atoms. The number of non-ortho nitro benzene ring substituents is 1. The first-order valence-electron chi connectivity index (χ1n) is 15.4. The van der Waals surface area contributed by atoms with E-state index in [0.29, 0.717) is 11.3 Å². The molecule has 0 saturated carbocycles. The molecule has 1 fully saturated rings. The maximum atomic E-state index is 14.2. The number of carbonyl (C=O) groups excluding carboxylic acids is 3. The summed E-state index contributed by atoms with van der Waals surface area (Å²) in [6.07, 6.45) is 5.79. The number of nitro benzene ring substituents is 1. The first-order valence-corrected chi connectivity index (χ1v) is 15.4. The number of fused-ring (bicyclic) bond motifs is 1. The second-order valence-corrected chi connectivity index (χ2v) is 11.3. The number of carbonyl (C=O) groups is 3. The largest absolute Gasteiger partial charge is 0.497 e. The second-order valence-electron chi connectivity index (χ2n) is 11.3. The van der Waals surface area contributed by atoms with Crippen molar-refractivity contribution in [1.82, 2.24) is 25.6 Å². The summed E-state index contributed by atoms with van der Waals surface area (Å²) in [5.41, 5.74) is 2.33. The number of amides is 4. The highest BCUT2D eigenvalue weighted by Gasteiger charge is 2.32. The summed E-state index contributed by atoms with van der Waals surface area (Å²) in [5.74, 6) is 2.40. The van der Waals surface area contributed by atoms with Gasteiger partial charge in [-0.1, -0.05) is 72.7 Å². The monoisotopic (exact) mass is 648 g/mol. The average Bonchev–Trinajstić information content (AvgIpc) is 3.15. The Morgan fingerprint density at radius 1 is 1.02 bits per heavy atom. The number of benzene rings is 4. The van der Waals surface area contributed by atoms with Crippen LogP contribution in [0.2, 0.25) is 0 Å². The van der Waals surface area contributed by atoms with Crippen LogP contribution < -0.4 is 15.4 Å². The van der Waals surface area contributed by atoms with Crippen LogP contribution in [0.4, 0.5) is 10.5 Å². The molecule has 0 radical (unpaired) electrons. The number of hydrogen-bond acceptors (Lipinski definition) is 7. The molecule has 2 N–H and O–H groups in total. The Morgan fingerprint density at radius 3 is 2.44 bits per heavy atom. The number of methoxy groups -OCH3 is 1. The lowest BCUT2D eigenvalue weighted by Crippen LogP contribution is -2.55. The zero-order valence-corrected chi connectivity index (χ0v) is 26.5. The molecule has 4 amide bonds. The number of nitro groups is 1. The van der Waals surface area contributed by atoms with Crippen LogP contribution in [0.5, 0.6) is 5.75 Å². The Bertz CT molecular complexity index is 1820. The van der Waals surface area contributed by atoms with Crippen molar-refractivity contribution in [2.24, 2.45) is 0 Å². The summed E-state index contributed by atoms with van der Waals surface area (Å²) < 4.78 is 5.20. The molecule has 48 heavy (non-hydrogen) atoms. The minimum absolute atomic E-state index is 0.0734. The smallest absolute Gasteiger partial charge is 0.333 e. The molecule has 0 unspecified atom stereocenters. The number of hydrogen-bond donors (Lipinski definition) is 2. The fourth-order valence-electron chi connectivity index (χ4n) is 5.64. The summed E-state index contributed by atoms with van der Waals surface area (Å²) in [6.45, 7) is 0.452. The summed E-state index contributed by atoms with van der Waals surface area (Å²) in [5, 5.41) is 21.8. The molecule has 0 aromatic heterocycles. The topological polar surface area (TPSA) is 137 Å². The molecule has 0 spiro atoms. The van der Waals surface area contributed by atoms with E-state index in [4.69, 9.17) is 11.2 Å². The van der Waals surface area contributed by atoms with Gasteiger partial charge in [-0.25, -0.2) is 14.8 Å². The van der Waals surface area contributed by atoms with Crippen molar-refractivity contribution in [3.63, 3.8) is 0 Å². The van der Waals surface area contributed by atoms with Gasteiger partial charge in [0.15, 0.2) is 0 Å². The quantitative estimate of drug-likeness (QED) is 0.151. The number of hydrazine groups is 1. The van der Waals surface area contributed by atoms with Crippen molar-refractivity contribution >= 4 is 34.3 Å². The molecule has 12 nitrogen and oxygen atoms in total. The van der Waals surface area contributed by atoms with E-state index in [-0.39, 0.29) is 57.3 Å². The molecular weight excluding hydrogens is 612 g/mol. The molecule has 1 heterocycles. The van der Waals surface area contributed by atoms with Gasteiger partial charge in [0.25, 0.3) is 5.69 Å². The summed E-state index contributed by atoms with van der Waals surface area (Å²) in [4.78, 5) is 53.5. The van der Waals surface area contributed by atoms with Crippen LogP contribution in [0.3, 0.4) is 0 Å². The van der Waals surface area contributed by atoms with Crippen molar-refractivity contribution in [1.29, 1.82) is 0 Å². The number of nitrogens with one attached hydrogen (secondary N) is 2. The molecule has 1 atom stereocenters. The molecule has 4 aromatic rings. The predicted molar refractivity (Wildman–Crippen MR) is 180 cm³/mol. The highest BCUT2D eigenvalue weighted by atomic mass is 16.6. The van der Waals surface area contributed by atoms with E-state index in [9.17, 15) is 24.5 Å². The Hall–Kier alpha value is -5.93. The average molecular weight is 649 g/mol. The van der Waals surface area contributed by atoms with E-state index in [1.54, 1.807) is 41.3 Å². The Labute approximate surface area is 278 Å². The van der Waals surface area contributed by atoms with Gasteiger partial charge in [-0.3, -0.25) is 19.7 Å². The lowest BCUT2D eigenvalue weighted by molar-refractivity contribution is -0.384. The van der Waals surface area contributed by atoms with E-state index in [2.05, 4.69) is 16.6 Å². The Kier molecular flexibility index (Phi) is 10.8. The maximum absolute atomic E-state index is 14.2. The number of urea groups is 1. The summed E-state index contributed by atoms with van der Waals surface area (Å²) in [6, 6.07) is 25.5.